The Balaban J connectivity index is 1.81. The molecule has 2 aliphatic rings. The van der Waals surface area contributed by atoms with E-state index in [1.807, 2.05) is 0 Å². The summed E-state index contributed by atoms with van der Waals surface area (Å²) in [5, 5.41) is 9.49. The number of amides is 1. The number of β-lactam (4-membered cyclic amide) rings is 1. The van der Waals surface area contributed by atoms with Crippen molar-refractivity contribution in [1.29, 1.82) is 0 Å². The smallest absolute Gasteiger partial charge is 0.334 e. The first kappa shape index (κ1) is 17.8. The quantitative estimate of drug-likeness (QED) is 0.223. The van der Waals surface area contributed by atoms with E-state index in [9.17, 15) is 14.7 Å². The number of rotatable bonds is 4. The van der Waals surface area contributed by atoms with Crippen molar-refractivity contribution in [2.24, 2.45) is 12.8 Å². The van der Waals surface area contributed by atoms with Crippen LogP contribution in [0, 0.1) is 6.92 Å². The molecule has 3 atom stereocenters. The van der Waals surface area contributed by atoms with Crippen LogP contribution in [0.2, 0.25) is 0 Å². The normalized spacial score (nSPS) is 25.2. The van der Waals surface area contributed by atoms with E-state index in [2.05, 4.69) is 4.98 Å². The van der Waals surface area contributed by atoms with Crippen LogP contribution >= 0.6 is 23.5 Å². The van der Waals surface area contributed by atoms with Crippen LogP contribution in [0.5, 0.6) is 0 Å². The molecule has 0 saturated carbocycles. The molecule has 0 spiro atoms. The summed E-state index contributed by atoms with van der Waals surface area (Å²) < 4.78 is 1.72. The monoisotopic (exact) mass is 383 g/mol. The molecule has 1 aromatic rings. The summed E-state index contributed by atoms with van der Waals surface area (Å²) in [6.45, 7) is 1.79. The van der Waals surface area contributed by atoms with E-state index >= 15 is 0 Å². The first-order valence-corrected chi connectivity index (χ1v) is 9.37. The largest absolute Gasteiger partial charge is 0.478 e. The van der Waals surface area contributed by atoms with Gasteiger partial charge in [0.1, 0.15) is 11.4 Å². The number of aliphatic carboxylic acids is 1. The lowest BCUT2D eigenvalue weighted by Crippen LogP contribution is -2.67. The third-order valence-electron chi connectivity index (χ3n) is 4.29. The molecular weight excluding hydrogens is 364 g/mol. The summed E-state index contributed by atoms with van der Waals surface area (Å²) in [5.74, 6) is -0.00420. The zero-order valence-electron chi connectivity index (χ0n) is 13.7. The van der Waals surface area contributed by atoms with Crippen LogP contribution < -0.4 is 21.8 Å². The number of aromatic nitrogens is 2. The number of nitrogen functional groups attached to an aromatic ring is 2. The number of thioether (sulfide) groups is 2. The van der Waals surface area contributed by atoms with Crippen molar-refractivity contribution >= 4 is 47.0 Å². The predicted octanol–water partition coefficient (Wildman–Crippen LogP) is -0.949. The van der Waals surface area contributed by atoms with Gasteiger partial charge in [-0.1, -0.05) is 16.7 Å². The lowest BCUT2D eigenvalue weighted by Gasteiger charge is -2.47. The Morgan fingerprint density at radius 3 is 2.84 bits per heavy atom. The van der Waals surface area contributed by atoms with Crippen LogP contribution in [-0.2, 0) is 16.6 Å². The fraction of sp³-hybridized carbons (Fsp3) is 0.429. The minimum absolute atomic E-state index is 0.171. The zero-order chi connectivity index (χ0) is 18.5. The van der Waals surface area contributed by atoms with E-state index in [4.69, 9.17) is 17.2 Å². The van der Waals surface area contributed by atoms with Gasteiger partial charge in [-0.25, -0.2) is 9.36 Å². The van der Waals surface area contributed by atoms with Gasteiger partial charge in [-0.15, -0.1) is 11.8 Å². The van der Waals surface area contributed by atoms with Crippen molar-refractivity contribution in [3.8, 4) is 0 Å². The topological polar surface area (TPSA) is 152 Å². The predicted molar refractivity (Wildman–Crippen MR) is 95.4 cm³/mol. The van der Waals surface area contributed by atoms with Crippen LogP contribution in [-0.4, -0.2) is 49.3 Å². The number of carbonyl (C=O) groups is 2. The molecule has 7 N–H and O–H groups in total. The second-order valence-electron chi connectivity index (χ2n) is 5.84. The van der Waals surface area contributed by atoms with E-state index in [1.165, 1.54) is 34.6 Å². The zero-order valence-corrected chi connectivity index (χ0v) is 15.3. The summed E-state index contributed by atoms with van der Waals surface area (Å²) in [4.78, 5) is 29.0. The summed E-state index contributed by atoms with van der Waals surface area (Å²) in [6, 6.07) is -0.594. The van der Waals surface area contributed by atoms with Crippen molar-refractivity contribution in [3.63, 3.8) is 0 Å². The average molecular weight is 383 g/mol. The highest BCUT2D eigenvalue weighted by Gasteiger charge is 2.49. The van der Waals surface area contributed by atoms with Gasteiger partial charge >= 0.3 is 11.1 Å². The lowest BCUT2D eigenvalue weighted by atomic mass is 10.1. The van der Waals surface area contributed by atoms with E-state index in [-0.39, 0.29) is 22.1 Å². The molecule has 1 fully saturated rings. The molecule has 2 aliphatic heterocycles. The molecule has 9 nitrogen and oxygen atoms in total. The molecule has 0 aromatic carbocycles. The Morgan fingerprint density at radius 1 is 1.52 bits per heavy atom. The standard InChI is InChI=1S/C14H18N6O3S2/c1-5-9(16)18-14(19(2)10(5)17)24-4-7-6(13(22)23)3-20-11(21)8(15)12(20)25-7/h3,7-8,12H,4,15H2,1-2H3,(H4,16,17,22,23)/p+1/t7?,8?,12-/m1/s1. The molecule has 2 unspecified atom stereocenters. The molecule has 134 valence electrons. The third kappa shape index (κ3) is 2.92. The maximum atomic E-state index is 11.7. The molecule has 0 aliphatic carbocycles. The van der Waals surface area contributed by atoms with Gasteiger partial charge < -0.3 is 27.2 Å². The average Bonchev–Trinajstić information content (AvgIpc) is 2.60. The molecule has 1 amide bonds. The maximum Gasteiger partial charge on any atom is 0.334 e. The fourth-order valence-electron chi connectivity index (χ4n) is 2.62. The number of hydrogen-bond acceptors (Lipinski definition) is 8. The summed E-state index contributed by atoms with van der Waals surface area (Å²) in [5.41, 5.74) is 18.6. The summed E-state index contributed by atoms with van der Waals surface area (Å²) >= 11 is 2.74. The second-order valence-corrected chi connectivity index (χ2v) is 8.15. The molecular formula is C14H19N6O3S2+. The van der Waals surface area contributed by atoms with E-state index in [1.54, 1.807) is 18.5 Å². The molecule has 3 heterocycles. The first-order chi connectivity index (χ1) is 11.7. The van der Waals surface area contributed by atoms with Crippen molar-refractivity contribution in [3.05, 3.63) is 17.3 Å². The minimum atomic E-state index is -1.05. The van der Waals surface area contributed by atoms with Gasteiger partial charge in [0.2, 0.25) is 17.5 Å². The van der Waals surface area contributed by atoms with Gasteiger partial charge in [0, 0.05) is 12.0 Å². The number of anilines is 2. The fourth-order valence-corrected chi connectivity index (χ4v) is 5.30. The highest BCUT2D eigenvalue weighted by molar-refractivity contribution is 8.03. The van der Waals surface area contributed by atoms with E-state index in [0.717, 1.165) is 0 Å². The Hall–Kier alpha value is -1.98. The van der Waals surface area contributed by atoms with Crippen LogP contribution in [0.25, 0.3) is 0 Å². The number of hydrogen-bond donors (Lipinski definition) is 4. The van der Waals surface area contributed by atoms with Gasteiger partial charge in [-0.2, -0.15) is 0 Å². The van der Waals surface area contributed by atoms with Crippen molar-refractivity contribution in [1.82, 2.24) is 9.88 Å². The van der Waals surface area contributed by atoms with Gasteiger partial charge in [-0.05, 0) is 6.92 Å². The molecule has 0 radical (unpaired) electrons. The number of fused-ring (bicyclic) bond motifs is 1. The first-order valence-electron chi connectivity index (χ1n) is 7.45. The second kappa shape index (κ2) is 6.39. The molecule has 1 saturated heterocycles. The van der Waals surface area contributed by atoms with Crippen LogP contribution in [0.1, 0.15) is 5.56 Å². The van der Waals surface area contributed by atoms with Gasteiger partial charge in [0.25, 0.3) is 0 Å². The highest BCUT2D eigenvalue weighted by Crippen LogP contribution is 2.41. The molecule has 11 heteroatoms. The molecule has 1 aromatic heterocycles. The van der Waals surface area contributed by atoms with Gasteiger partial charge in [0.15, 0.2) is 0 Å². The van der Waals surface area contributed by atoms with Crippen molar-refractivity contribution < 1.29 is 19.3 Å². The highest BCUT2D eigenvalue weighted by atomic mass is 32.2. The maximum absolute atomic E-state index is 11.7. The van der Waals surface area contributed by atoms with Crippen molar-refractivity contribution in [2.75, 3.05) is 17.2 Å². The van der Waals surface area contributed by atoms with E-state index in [0.29, 0.717) is 28.1 Å². The van der Waals surface area contributed by atoms with Gasteiger partial charge in [-0.3, -0.25) is 4.79 Å². The SMILES string of the molecule is Cc1c(N)nc(SCC2S[C@@H]3C(N)C(=O)N3C=C2C(=O)O)[n+](C)c1N. The van der Waals surface area contributed by atoms with Crippen LogP contribution in [0.3, 0.4) is 0 Å². The van der Waals surface area contributed by atoms with E-state index < -0.39 is 12.0 Å². The van der Waals surface area contributed by atoms with Gasteiger partial charge in [0.05, 0.1) is 23.4 Å². The molecule has 0 bridgehead atoms. The molecule has 3 rings (SSSR count). The number of carbonyl (C=O) groups excluding carboxylic acids is 1. The van der Waals surface area contributed by atoms with Crippen LogP contribution in [0.15, 0.2) is 16.9 Å². The Kier molecular flexibility index (Phi) is 4.56. The number of nitrogens with two attached hydrogens (primary N) is 3. The summed E-state index contributed by atoms with van der Waals surface area (Å²) in [7, 11) is 1.78. The van der Waals surface area contributed by atoms with Crippen molar-refractivity contribution in [2.45, 2.75) is 28.7 Å². The third-order valence-corrected chi connectivity index (χ3v) is 7.18. The minimum Gasteiger partial charge on any atom is -0.478 e. The number of carboxylic acids is 1. The molecule has 25 heavy (non-hydrogen) atoms. The van der Waals surface area contributed by atoms with Crippen LogP contribution in [0.4, 0.5) is 11.6 Å². The Morgan fingerprint density at radius 2 is 2.20 bits per heavy atom. The lowest BCUT2D eigenvalue weighted by molar-refractivity contribution is -0.699. The Bertz CT molecular complexity index is 799. The summed E-state index contributed by atoms with van der Waals surface area (Å²) in [6.07, 6.45) is 1.39. The number of nitrogens with zero attached hydrogens (tertiary/aromatic N) is 3. The number of carboxylic acid groups (broad SMARTS) is 1. The Labute approximate surface area is 152 Å².